The Morgan fingerprint density at radius 3 is 1.37 bits per heavy atom. The molecule has 1 heterocycles. The van der Waals surface area contributed by atoms with Crippen LogP contribution < -0.4 is 0 Å². The highest BCUT2D eigenvalue weighted by atomic mass is 79.9. The molecule has 14 heteroatoms. The van der Waals surface area contributed by atoms with Crippen molar-refractivity contribution in [3.05, 3.63) is 30.3 Å². The van der Waals surface area contributed by atoms with E-state index in [1.165, 1.54) is 4.90 Å². The van der Waals surface area contributed by atoms with Gasteiger partial charge in [0.25, 0.3) is 0 Å². The highest BCUT2D eigenvalue weighted by Gasteiger charge is 2.35. The van der Waals surface area contributed by atoms with E-state index in [1.54, 1.807) is 0 Å². The number of halogens is 1. The van der Waals surface area contributed by atoms with Crippen LogP contribution in [0.2, 0.25) is 0 Å². The molecule has 1 saturated heterocycles. The molecular weight excluding hydrogens is 334 g/mol. The monoisotopic (exact) mass is 343 g/mol. The van der Waals surface area contributed by atoms with Gasteiger partial charge < -0.3 is 0 Å². The Morgan fingerprint density at radius 1 is 0.789 bits per heavy atom. The molecule has 13 nitrogen and oxygen atoms in total. The van der Waals surface area contributed by atoms with Crippen LogP contribution in [0.1, 0.15) is 0 Å². The Hall–Kier alpha value is -1.96. The van der Waals surface area contributed by atoms with E-state index >= 15 is 0 Å². The van der Waals surface area contributed by atoms with Crippen LogP contribution in [0.3, 0.4) is 0 Å². The third-order valence-corrected chi connectivity index (χ3v) is 2.95. The number of hydrogen-bond acceptors (Lipinski definition) is 7. The first kappa shape index (κ1) is 15.1. The molecule has 1 aliphatic rings. The summed E-state index contributed by atoms with van der Waals surface area (Å²) in [7, 11) is 0. The summed E-state index contributed by atoms with van der Waals surface area (Å²) in [5.41, 5.74) is 0.153. The fraction of sp³-hybridized carbons (Fsp3) is 1.00. The molecule has 19 heavy (non-hydrogen) atoms. The van der Waals surface area contributed by atoms with Gasteiger partial charge >= 0.3 is 0 Å². The van der Waals surface area contributed by atoms with Gasteiger partial charge in [-0.15, -0.1) is 0 Å². The number of hydrazine groups is 3. The molecule has 0 bridgehead atoms. The molecular formula is C5H10BrN7O6. The summed E-state index contributed by atoms with van der Waals surface area (Å²) in [5, 5.41) is 31.4. The van der Waals surface area contributed by atoms with Crippen LogP contribution >= 0.6 is 15.9 Å². The molecule has 0 aromatic carbocycles. The average molecular weight is 344 g/mol. The van der Waals surface area contributed by atoms with Crippen molar-refractivity contribution in [2.75, 3.05) is 32.1 Å². The number of alkyl halides is 1. The molecule has 0 radical (unpaired) electrons. The van der Waals surface area contributed by atoms with Gasteiger partial charge in [0.05, 0.1) is 5.45 Å². The highest BCUT2D eigenvalue weighted by Crippen LogP contribution is 2.08. The zero-order valence-corrected chi connectivity index (χ0v) is 11.1. The molecule has 0 aromatic rings. The highest BCUT2D eigenvalue weighted by molar-refractivity contribution is 9.09. The van der Waals surface area contributed by atoms with E-state index < -0.39 is 28.4 Å². The molecule has 0 aromatic heterocycles. The molecule has 1 rings (SSSR count). The quantitative estimate of drug-likeness (QED) is 0.269. The minimum atomic E-state index is -0.906. The van der Waals surface area contributed by atoms with Crippen LogP contribution in [-0.2, 0) is 0 Å². The summed E-state index contributed by atoms with van der Waals surface area (Å²) in [6.07, 6.45) is 0. The van der Waals surface area contributed by atoms with Crippen molar-refractivity contribution in [3.63, 3.8) is 0 Å². The fourth-order valence-electron chi connectivity index (χ4n) is 1.40. The van der Waals surface area contributed by atoms with Crippen molar-refractivity contribution >= 4 is 15.9 Å². The van der Waals surface area contributed by atoms with Gasteiger partial charge in [-0.2, -0.15) is 0 Å². The lowest BCUT2D eigenvalue weighted by Gasteiger charge is -2.30. The summed E-state index contributed by atoms with van der Waals surface area (Å²) < 4.78 is 0. The average Bonchev–Trinajstić information content (AvgIpc) is 2.27. The van der Waals surface area contributed by atoms with Crippen LogP contribution in [-0.4, -0.2) is 67.2 Å². The van der Waals surface area contributed by atoms with Crippen molar-refractivity contribution < 1.29 is 15.1 Å². The van der Waals surface area contributed by atoms with Crippen LogP contribution in [0.25, 0.3) is 0 Å². The van der Waals surface area contributed by atoms with Gasteiger partial charge in [-0.3, -0.25) is 0 Å². The van der Waals surface area contributed by atoms with Crippen LogP contribution in [0.4, 0.5) is 0 Å². The Morgan fingerprint density at radius 2 is 1.11 bits per heavy atom. The fourth-order valence-corrected chi connectivity index (χ4v) is 1.72. The third-order valence-electron chi connectivity index (χ3n) is 2.24. The molecule has 0 saturated carbocycles. The Kier molecular flexibility index (Phi) is 4.99. The van der Waals surface area contributed by atoms with Gasteiger partial charge in [0.2, 0.25) is 13.3 Å². The second-order valence-corrected chi connectivity index (χ2v) is 4.09. The normalized spacial score (nSPS) is 17.8. The lowest BCUT2D eigenvalue weighted by atomic mass is 10.6. The van der Waals surface area contributed by atoms with Gasteiger partial charge in [0.1, 0.15) is 13.3 Å². The maximum Gasteiger partial charge on any atom is 0.211 e. The van der Waals surface area contributed by atoms with Crippen molar-refractivity contribution in [1.29, 1.82) is 0 Å². The van der Waals surface area contributed by atoms with E-state index in [2.05, 4.69) is 15.9 Å². The first-order valence-electron chi connectivity index (χ1n) is 4.81. The predicted molar refractivity (Wildman–Crippen MR) is 61.6 cm³/mol. The predicted octanol–water partition coefficient (Wildman–Crippen LogP) is -1.03. The van der Waals surface area contributed by atoms with Gasteiger partial charge in [0.15, 0.2) is 15.1 Å². The molecule has 0 N–H and O–H groups in total. The zero-order valence-electron chi connectivity index (χ0n) is 9.49. The third kappa shape index (κ3) is 4.02. The molecule has 0 spiro atoms. The van der Waals surface area contributed by atoms with Crippen molar-refractivity contribution in [1.82, 2.24) is 19.9 Å². The summed E-state index contributed by atoms with van der Waals surface area (Å²) in [5.74, 6) is 0. The largest absolute Gasteiger partial charge is 0.248 e. The lowest BCUT2D eigenvalue weighted by Crippen LogP contribution is -2.58. The van der Waals surface area contributed by atoms with Gasteiger partial charge in [0, 0.05) is 0 Å². The number of rotatable bonds is 4. The minimum absolute atomic E-state index is 0.153. The first-order valence-corrected chi connectivity index (χ1v) is 5.93. The van der Waals surface area contributed by atoms with E-state index in [-0.39, 0.29) is 18.8 Å². The Bertz CT molecular complexity index is 355. The van der Waals surface area contributed by atoms with Crippen LogP contribution in [0.15, 0.2) is 0 Å². The number of hydrogen-bond donors (Lipinski definition) is 0. The lowest BCUT2D eigenvalue weighted by molar-refractivity contribution is -0.745. The Labute approximate surface area is 114 Å². The van der Waals surface area contributed by atoms with Gasteiger partial charge in [-0.1, -0.05) is 31.0 Å². The van der Waals surface area contributed by atoms with E-state index in [4.69, 9.17) is 0 Å². The van der Waals surface area contributed by atoms with Crippen molar-refractivity contribution in [3.8, 4) is 0 Å². The van der Waals surface area contributed by atoms with Crippen molar-refractivity contribution in [2.45, 2.75) is 0 Å². The molecule has 108 valence electrons. The number of nitrogens with zero attached hydrogens (tertiary/aromatic N) is 7. The molecule has 0 unspecified atom stereocenters. The molecule has 0 aliphatic carbocycles. The number of nitro groups is 3. The molecule has 0 atom stereocenters. The molecule has 1 fully saturated rings. The second kappa shape index (κ2) is 6.28. The summed E-state index contributed by atoms with van der Waals surface area (Å²) in [4.78, 5) is 33.6. The molecule has 0 amide bonds. The standard InChI is InChI=1S/C5H10BrN7O6/c6-1-7-2-8(11(14)15)4-10(13(18)19)5-9(3-7)12(16)17/h1-5H2. The van der Waals surface area contributed by atoms with E-state index in [1.807, 2.05) is 0 Å². The smallest absolute Gasteiger partial charge is 0.211 e. The summed E-state index contributed by atoms with van der Waals surface area (Å²) in [6, 6.07) is 0. The SMILES string of the molecule is O=[N+]([O-])N1CN(CBr)CN([N+](=O)[O-])CN([N+](=O)[O-])C1. The zero-order chi connectivity index (χ0) is 14.6. The van der Waals surface area contributed by atoms with Crippen molar-refractivity contribution in [2.24, 2.45) is 0 Å². The van der Waals surface area contributed by atoms with E-state index in [9.17, 15) is 30.3 Å². The van der Waals surface area contributed by atoms with Gasteiger partial charge in [-0.05, 0) is 0 Å². The first-order chi connectivity index (χ1) is 8.85. The van der Waals surface area contributed by atoms with E-state index in [0.717, 1.165) is 0 Å². The van der Waals surface area contributed by atoms with Crippen LogP contribution in [0.5, 0.6) is 0 Å². The summed E-state index contributed by atoms with van der Waals surface area (Å²) in [6.45, 7) is -1.89. The Balaban J connectivity index is 2.92. The van der Waals surface area contributed by atoms with Crippen LogP contribution in [0, 0.1) is 30.3 Å². The molecule has 1 aliphatic heterocycles. The summed E-state index contributed by atoms with van der Waals surface area (Å²) >= 11 is 3.05. The second-order valence-electron chi connectivity index (χ2n) is 3.59. The maximum absolute atomic E-state index is 10.8. The van der Waals surface area contributed by atoms with Gasteiger partial charge in [-0.25, -0.2) is 35.2 Å². The topological polar surface area (TPSA) is 142 Å². The van der Waals surface area contributed by atoms with E-state index in [0.29, 0.717) is 15.0 Å². The minimum Gasteiger partial charge on any atom is -0.248 e. The maximum atomic E-state index is 10.8.